The molecule has 53 heavy (non-hydrogen) atoms. The van der Waals surface area contributed by atoms with Gasteiger partial charge in [-0.15, -0.1) is 0 Å². The summed E-state index contributed by atoms with van der Waals surface area (Å²) in [4.78, 5) is 20.4. The highest BCUT2D eigenvalue weighted by Gasteiger charge is 2.50. The van der Waals surface area contributed by atoms with E-state index in [2.05, 4.69) is 133 Å². The van der Waals surface area contributed by atoms with Crippen molar-refractivity contribution in [2.75, 3.05) is 0 Å². The molecule has 5 nitrogen and oxygen atoms in total. The number of rotatable bonds is 8. The number of imidazole rings is 1. The summed E-state index contributed by atoms with van der Waals surface area (Å²) in [7, 11) is 0. The summed E-state index contributed by atoms with van der Waals surface area (Å²) in [6, 6.07) is 54.4. The molecule has 6 aromatic carbocycles. The highest BCUT2D eigenvalue weighted by atomic mass is 15.1. The van der Waals surface area contributed by atoms with Crippen LogP contribution in [0.15, 0.2) is 194 Å². The summed E-state index contributed by atoms with van der Waals surface area (Å²) in [5, 5.41) is 0. The molecule has 1 unspecified atom stereocenters. The van der Waals surface area contributed by atoms with Crippen molar-refractivity contribution in [1.29, 1.82) is 0 Å². The lowest BCUT2D eigenvalue weighted by atomic mass is 9.68. The molecule has 0 fully saturated rings. The fraction of sp³-hybridized carbons (Fsp3) is 0.0417. The number of hydrogen-bond acceptors (Lipinski definition) is 4. The molecule has 3 heterocycles. The normalized spacial score (nSPS) is 15.1. The van der Waals surface area contributed by atoms with Crippen molar-refractivity contribution in [2.45, 2.75) is 12.3 Å². The maximum Gasteiger partial charge on any atom is 0.164 e. The summed E-state index contributed by atoms with van der Waals surface area (Å²) in [6.07, 6.45) is 8.28. The lowest BCUT2D eigenvalue weighted by Gasteiger charge is -2.32. The first-order valence-corrected chi connectivity index (χ1v) is 17.8. The third kappa shape index (κ3) is 5.25. The van der Waals surface area contributed by atoms with E-state index in [9.17, 15) is 0 Å². The highest BCUT2D eigenvalue weighted by Crippen LogP contribution is 2.55. The number of fused-ring (bicyclic) bond motifs is 5. The van der Waals surface area contributed by atoms with Crippen molar-refractivity contribution in [3.05, 3.63) is 211 Å². The maximum absolute atomic E-state index is 5.43. The smallest absolute Gasteiger partial charge is 0.164 e. The van der Waals surface area contributed by atoms with E-state index in [0.717, 1.165) is 67.1 Å². The molecule has 0 N–H and O–H groups in total. The van der Waals surface area contributed by atoms with Crippen molar-refractivity contribution in [3.63, 3.8) is 0 Å². The molecule has 0 bridgehead atoms. The second-order valence-corrected chi connectivity index (χ2v) is 13.1. The first-order valence-electron chi connectivity index (χ1n) is 17.8. The molecular formula is C48H35N5. The van der Waals surface area contributed by atoms with Gasteiger partial charge in [0.2, 0.25) is 0 Å². The average molecular weight is 682 g/mol. The quantitative estimate of drug-likeness (QED) is 0.150. The molecule has 0 radical (unpaired) electrons. The van der Waals surface area contributed by atoms with Crippen molar-refractivity contribution in [3.8, 4) is 51.0 Å². The van der Waals surface area contributed by atoms with Gasteiger partial charge in [-0.25, -0.2) is 19.9 Å². The van der Waals surface area contributed by atoms with Gasteiger partial charge < -0.3 is 0 Å². The van der Waals surface area contributed by atoms with E-state index in [1.807, 2.05) is 66.7 Å². The lowest BCUT2D eigenvalue weighted by Crippen LogP contribution is -2.30. The van der Waals surface area contributed by atoms with Gasteiger partial charge in [-0.2, -0.15) is 0 Å². The molecule has 9 rings (SSSR count). The fourth-order valence-electron chi connectivity index (χ4n) is 7.74. The number of nitrogens with zero attached hydrogens (tertiary/aromatic N) is 5. The Balaban J connectivity index is 1.30. The van der Waals surface area contributed by atoms with Crippen LogP contribution in [0.3, 0.4) is 0 Å². The summed E-state index contributed by atoms with van der Waals surface area (Å²) in [5.41, 5.74) is 10.7. The Morgan fingerprint density at radius 2 is 1.15 bits per heavy atom. The van der Waals surface area contributed by atoms with Crippen LogP contribution < -0.4 is 0 Å². The zero-order valence-electron chi connectivity index (χ0n) is 29.3. The minimum absolute atomic E-state index is 0.615. The van der Waals surface area contributed by atoms with Crippen molar-refractivity contribution < 1.29 is 0 Å². The molecule has 5 heteroatoms. The van der Waals surface area contributed by atoms with Crippen LogP contribution in [0, 0.1) is 0 Å². The zero-order valence-corrected chi connectivity index (χ0v) is 29.3. The molecule has 1 aliphatic heterocycles. The highest BCUT2D eigenvalue weighted by molar-refractivity contribution is 5.90. The zero-order chi connectivity index (χ0) is 35.8. The number of allylic oxidation sites excluding steroid dienone is 5. The van der Waals surface area contributed by atoms with Crippen LogP contribution in [0.1, 0.15) is 23.9 Å². The molecule has 0 saturated heterocycles. The molecule has 0 saturated carbocycles. The molecule has 2 aromatic heterocycles. The monoisotopic (exact) mass is 681 g/mol. The van der Waals surface area contributed by atoms with Gasteiger partial charge in [0.25, 0.3) is 0 Å². The van der Waals surface area contributed by atoms with Crippen molar-refractivity contribution in [1.82, 2.24) is 24.5 Å². The first kappa shape index (κ1) is 32.0. The topological polar surface area (TPSA) is 56.5 Å². The number of benzene rings is 6. The van der Waals surface area contributed by atoms with Gasteiger partial charge in [0.1, 0.15) is 11.2 Å². The predicted octanol–water partition coefficient (Wildman–Crippen LogP) is 11.2. The summed E-state index contributed by atoms with van der Waals surface area (Å²) in [6.45, 7) is 6.19. The van der Waals surface area contributed by atoms with Gasteiger partial charge in [-0.05, 0) is 47.4 Å². The SMILES string of the molecule is C=C/C=C(\C=C/C)C1(c2ccccc2)c2cccc(-c3cccc(-c4nc(-c5ccccc5)nc(-c5ccccc5)n4)c3)c2-n2c1nc1ccccc12. The largest absolute Gasteiger partial charge is 0.294 e. The van der Waals surface area contributed by atoms with Crippen molar-refractivity contribution >= 4 is 11.0 Å². The molecule has 0 aliphatic carbocycles. The van der Waals surface area contributed by atoms with Crippen LogP contribution in [0.25, 0.3) is 62.0 Å². The average Bonchev–Trinajstić information content (AvgIpc) is 3.75. The number of para-hydroxylation sites is 3. The molecule has 0 amide bonds. The van der Waals surface area contributed by atoms with E-state index in [1.54, 1.807) is 0 Å². The van der Waals surface area contributed by atoms with Crippen LogP contribution >= 0.6 is 0 Å². The summed E-state index contributed by atoms with van der Waals surface area (Å²) in [5.74, 6) is 2.83. The van der Waals surface area contributed by atoms with Gasteiger partial charge in [0, 0.05) is 22.3 Å². The first-order chi connectivity index (χ1) is 26.2. The Labute approximate surface area is 309 Å². The van der Waals surface area contributed by atoms with Crippen LogP contribution in [-0.4, -0.2) is 24.5 Å². The molecule has 1 aliphatic rings. The van der Waals surface area contributed by atoms with Gasteiger partial charge in [0.15, 0.2) is 17.5 Å². The fourth-order valence-corrected chi connectivity index (χ4v) is 7.74. The molecule has 0 spiro atoms. The lowest BCUT2D eigenvalue weighted by molar-refractivity contribution is 0.716. The molecule has 1 atom stereocenters. The summed E-state index contributed by atoms with van der Waals surface area (Å²) < 4.78 is 2.37. The Kier molecular flexibility index (Phi) is 8.01. The standard InChI is InChI=1S/C48H35N5/c1-3-18-37(19-4-2)48(38-26-12-7-13-27-38)40-29-17-28-39(43(40)53-42-31-15-14-30-41(42)49-47(48)53)35-24-16-25-36(32-35)46-51-44(33-20-8-5-9-21-33)50-45(52-46)34-22-10-6-11-23-34/h3-32H,1H2,2H3/b19-4-,37-18+. The maximum atomic E-state index is 5.43. The van der Waals surface area contributed by atoms with Crippen LogP contribution in [0.2, 0.25) is 0 Å². The minimum atomic E-state index is -0.701. The summed E-state index contributed by atoms with van der Waals surface area (Å²) >= 11 is 0. The number of hydrogen-bond donors (Lipinski definition) is 0. The van der Waals surface area contributed by atoms with Crippen molar-refractivity contribution in [2.24, 2.45) is 0 Å². The second kappa shape index (κ2) is 13.3. The molecular weight excluding hydrogens is 647 g/mol. The van der Waals surface area contributed by atoms with Gasteiger partial charge in [-0.3, -0.25) is 4.57 Å². The van der Waals surface area contributed by atoms with E-state index in [1.165, 1.54) is 0 Å². The van der Waals surface area contributed by atoms with E-state index in [-0.39, 0.29) is 0 Å². The Hall–Kier alpha value is -6.98. The van der Waals surface area contributed by atoms with E-state index in [0.29, 0.717) is 17.5 Å². The Morgan fingerprint density at radius 3 is 1.81 bits per heavy atom. The third-order valence-electron chi connectivity index (χ3n) is 9.97. The van der Waals surface area contributed by atoms with Gasteiger partial charge in [-0.1, -0.05) is 170 Å². The van der Waals surface area contributed by atoms with E-state index >= 15 is 0 Å². The Bertz CT molecular complexity index is 2630. The molecule has 252 valence electrons. The van der Waals surface area contributed by atoms with Crippen LogP contribution in [0.4, 0.5) is 0 Å². The van der Waals surface area contributed by atoms with Crippen LogP contribution in [-0.2, 0) is 5.41 Å². The number of aromatic nitrogens is 5. The molecule has 8 aromatic rings. The van der Waals surface area contributed by atoms with E-state index < -0.39 is 5.41 Å². The van der Waals surface area contributed by atoms with Gasteiger partial charge in [0.05, 0.1) is 16.7 Å². The van der Waals surface area contributed by atoms with Crippen LogP contribution in [0.5, 0.6) is 0 Å². The van der Waals surface area contributed by atoms with Gasteiger partial charge >= 0.3 is 0 Å². The van der Waals surface area contributed by atoms with E-state index in [4.69, 9.17) is 19.9 Å². The second-order valence-electron chi connectivity index (χ2n) is 13.1. The Morgan fingerprint density at radius 1 is 0.585 bits per heavy atom. The predicted molar refractivity (Wildman–Crippen MR) is 216 cm³/mol. The minimum Gasteiger partial charge on any atom is -0.294 e. The third-order valence-corrected chi connectivity index (χ3v) is 9.97.